The summed E-state index contributed by atoms with van der Waals surface area (Å²) < 4.78 is 5.49. The Kier molecular flexibility index (Phi) is 57.5. The number of aliphatic hydroxyl groups excluding tert-OH is 2. The van der Waals surface area contributed by atoms with Crippen molar-refractivity contribution >= 4 is 11.9 Å². The Bertz CT molecular complexity index is 1080. The highest BCUT2D eigenvalue weighted by molar-refractivity contribution is 5.76. The van der Waals surface area contributed by atoms with Gasteiger partial charge in [-0.25, -0.2) is 0 Å². The molecular weight excluding hydrogens is 851 g/mol. The number of hydrogen-bond acceptors (Lipinski definition) is 5. The van der Waals surface area contributed by atoms with Gasteiger partial charge in [-0.15, -0.1) is 0 Å². The highest BCUT2D eigenvalue weighted by Gasteiger charge is 2.18. The van der Waals surface area contributed by atoms with E-state index in [9.17, 15) is 19.8 Å². The van der Waals surface area contributed by atoms with Gasteiger partial charge in [0.25, 0.3) is 0 Å². The van der Waals surface area contributed by atoms with Crippen LogP contribution >= 0.6 is 0 Å². The van der Waals surface area contributed by atoms with Gasteiger partial charge in [0.1, 0.15) is 0 Å². The number of rotatable bonds is 58. The van der Waals surface area contributed by atoms with Crippen molar-refractivity contribution in [3.63, 3.8) is 0 Å². The lowest BCUT2D eigenvalue weighted by atomic mass is 10.0. The number of aliphatic hydroxyl groups is 2. The van der Waals surface area contributed by atoms with Gasteiger partial charge in [0, 0.05) is 12.8 Å². The standard InChI is InChI=1S/C63H121NO5/c1-3-5-7-9-11-13-15-17-18-30-33-37-41-45-49-53-57-63(68)69-58-54-50-46-42-38-34-31-28-26-24-22-20-19-21-23-25-27-29-32-36-40-44-48-52-56-62(67)64-60(59-65)61(66)55-51-47-43-39-35-16-14-12-10-8-6-4-2/h21,23,51,55,60-61,65-66H,3-20,22,24-50,52-54,56-59H2,1-2H3,(H,64,67)/b23-21-,55-51+. The first-order valence-corrected chi connectivity index (χ1v) is 31.1. The average molecular weight is 973 g/mol. The number of hydrogen-bond donors (Lipinski definition) is 3. The highest BCUT2D eigenvalue weighted by atomic mass is 16.5. The fourth-order valence-corrected chi connectivity index (χ4v) is 9.69. The SMILES string of the molecule is CCCCCCCCCCCC/C=C/C(O)C(CO)NC(=O)CCCCCCCCCC/C=C\CCCCCCCCCCCCCCOC(=O)CCCCCCCCCCCCCCCCCC. The largest absolute Gasteiger partial charge is 0.466 e. The van der Waals surface area contributed by atoms with Crippen LogP contribution in [-0.4, -0.2) is 47.4 Å². The number of nitrogens with one attached hydrogen (secondary N) is 1. The highest BCUT2D eigenvalue weighted by Crippen LogP contribution is 2.17. The van der Waals surface area contributed by atoms with Gasteiger partial charge in [0.05, 0.1) is 25.4 Å². The summed E-state index contributed by atoms with van der Waals surface area (Å²) >= 11 is 0. The fourth-order valence-electron chi connectivity index (χ4n) is 9.69. The van der Waals surface area contributed by atoms with Crippen molar-refractivity contribution in [1.29, 1.82) is 0 Å². The first-order valence-electron chi connectivity index (χ1n) is 31.1. The maximum Gasteiger partial charge on any atom is 0.305 e. The van der Waals surface area contributed by atoms with Crippen LogP contribution in [0.5, 0.6) is 0 Å². The predicted molar refractivity (Wildman–Crippen MR) is 301 cm³/mol. The Balaban J connectivity index is 3.39. The van der Waals surface area contributed by atoms with Gasteiger partial charge in [0.15, 0.2) is 0 Å². The molecule has 408 valence electrons. The molecule has 0 saturated heterocycles. The lowest BCUT2D eigenvalue weighted by molar-refractivity contribution is -0.143. The monoisotopic (exact) mass is 972 g/mol. The van der Waals surface area contributed by atoms with Gasteiger partial charge < -0.3 is 20.3 Å². The van der Waals surface area contributed by atoms with Gasteiger partial charge in [0.2, 0.25) is 5.91 Å². The molecule has 0 saturated carbocycles. The minimum Gasteiger partial charge on any atom is -0.466 e. The second kappa shape index (κ2) is 58.9. The van der Waals surface area contributed by atoms with Gasteiger partial charge in [-0.2, -0.15) is 0 Å². The smallest absolute Gasteiger partial charge is 0.305 e. The minimum absolute atomic E-state index is 0.0157. The molecule has 0 fully saturated rings. The molecule has 0 rings (SSSR count). The van der Waals surface area contributed by atoms with Crippen molar-refractivity contribution in [2.45, 2.75) is 353 Å². The Morgan fingerprint density at radius 2 is 0.681 bits per heavy atom. The quantitative estimate of drug-likeness (QED) is 0.0321. The Morgan fingerprint density at radius 1 is 0.391 bits per heavy atom. The van der Waals surface area contributed by atoms with Crippen LogP contribution in [0.2, 0.25) is 0 Å². The van der Waals surface area contributed by atoms with Crippen LogP contribution < -0.4 is 5.32 Å². The van der Waals surface area contributed by atoms with Crippen molar-refractivity contribution in [2.75, 3.05) is 13.2 Å². The van der Waals surface area contributed by atoms with Gasteiger partial charge in [-0.1, -0.05) is 295 Å². The molecule has 0 aromatic carbocycles. The van der Waals surface area contributed by atoms with E-state index in [-0.39, 0.29) is 18.5 Å². The normalized spacial score (nSPS) is 12.7. The summed E-state index contributed by atoms with van der Waals surface area (Å²) in [5.74, 6) is -0.0566. The van der Waals surface area contributed by atoms with E-state index in [1.165, 1.54) is 276 Å². The van der Waals surface area contributed by atoms with E-state index < -0.39 is 12.1 Å². The molecule has 69 heavy (non-hydrogen) atoms. The minimum atomic E-state index is -0.846. The lowest BCUT2D eigenvalue weighted by Crippen LogP contribution is -2.45. The van der Waals surface area contributed by atoms with Crippen molar-refractivity contribution in [3.8, 4) is 0 Å². The van der Waals surface area contributed by atoms with Crippen molar-refractivity contribution in [1.82, 2.24) is 5.32 Å². The zero-order chi connectivity index (χ0) is 50.0. The Labute approximate surface area is 431 Å². The molecule has 0 spiro atoms. The number of carbonyl (C=O) groups is 2. The topological polar surface area (TPSA) is 95.9 Å². The second-order valence-corrected chi connectivity index (χ2v) is 21.4. The Morgan fingerprint density at radius 3 is 1.03 bits per heavy atom. The van der Waals surface area contributed by atoms with Gasteiger partial charge >= 0.3 is 5.97 Å². The molecule has 0 radical (unpaired) electrons. The van der Waals surface area contributed by atoms with Crippen molar-refractivity contribution < 1.29 is 24.5 Å². The molecule has 0 aromatic heterocycles. The Hall–Kier alpha value is -1.66. The summed E-state index contributed by atoms with van der Waals surface area (Å²) in [5.41, 5.74) is 0. The number of allylic oxidation sites excluding steroid dienone is 3. The number of ether oxygens (including phenoxy) is 1. The third-order valence-corrected chi connectivity index (χ3v) is 14.5. The zero-order valence-corrected chi connectivity index (χ0v) is 46.6. The number of amides is 1. The van der Waals surface area contributed by atoms with E-state index in [4.69, 9.17) is 4.74 Å². The predicted octanol–water partition coefficient (Wildman–Crippen LogP) is 19.4. The number of carbonyl (C=O) groups excluding carboxylic acids is 2. The molecule has 6 nitrogen and oxygen atoms in total. The van der Waals surface area contributed by atoms with Crippen LogP contribution in [0.1, 0.15) is 341 Å². The molecule has 2 atom stereocenters. The molecule has 2 unspecified atom stereocenters. The molecule has 3 N–H and O–H groups in total. The third-order valence-electron chi connectivity index (χ3n) is 14.5. The number of unbranched alkanes of at least 4 members (excludes halogenated alkanes) is 45. The molecule has 0 bridgehead atoms. The summed E-state index contributed by atoms with van der Waals surface area (Å²) in [4.78, 5) is 24.5. The molecule has 0 aliphatic heterocycles. The van der Waals surface area contributed by atoms with Crippen LogP contribution in [-0.2, 0) is 14.3 Å². The molecule has 0 aromatic rings. The summed E-state index contributed by atoms with van der Waals surface area (Å²) in [7, 11) is 0. The summed E-state index contributed by atoms with van der Waals surface area (Å²) in [6, 6.07) is -0.630. The summed E-state index contributed by atoms with van der Waals surface area (Å²) in [5, 5.41) is 23.0. The zero-order valence-electron chi connectivity index (χ0n) is 46.6. The first kappa shape index (κ1) is 67.3. The van der Waals surface area contributed by atoms with Crippen molar-refractivity contribution in [3.05, 3.63) is 24.3 Å². The van der Waals surface area contributed by atoms with E-state index in [0.29, 0.717) is 19.4 Å². The van der Waals surface area contributed by atoms with Gasteiger partial charge in [-0.05, 0) is 57.8 Å². The van der Waals surface area contributed by atoms with Crippen LogP contribution in [0, 0.1) is 0 Å². The fraction of sp³-hybridized carbons (Fsp3) is 0.905. The first-order chi connectivity index (χ1) is 34.0. The molecule has 0 aliphatic carbocycles. The lowest BCUT2D eigenvalue weighted by Gasteiger charge is -2.20. The van der Waals surface area contributed by atoms with Crippen LogP contribution in [0.25, 0.3) is 0 Å². The van der Waals surface area contributed by atoms with Gasteiger partial charge in [-0.3, -0.25) is 9.59 Å². The maximum absolute atomic E-state index is 12.4. The molecule has 1 amide bonds. The van der Waals surface area contributed by atoms with E-state index in [0.717, 1.165) is 38.5 Å². The molecule has 6 heteroatoms. The summed E-state index contributed by atoms with van der Waals surface area (Å²) in [6.45, 7) is 4.91. The average Bonchev–Trinajstić information content (AvgIpc) is 3.35. The van der Waals surface area contributed by atoms with E-state index in [1.807, 2.05) is 6.08 Å². The van der Waals surface area contributed by atoms with E-state index >= 15 is 0 Å². The van der Waals surface area contributed by atoms with Crippen LogP contribution in [0.15, 0.2) is 24.3 Å². The van der Waals surface area contributed by atoms with E-state index in [1.54, 1.807) is 6.08 Å². The third kappa shape index (κ3) is 55.5. The maximum atomic E-state index is 12.4. The second-order valence-electron chi connectivity index (χ2n) is 21.4. The number of esters is 1. The molecular formula is C63H121NO5. The molecule has 0 aliphatic rings. The van der Waals surface area contributed by atoms with Crippen LogP contribution in [0.4, 0.5) is 0 Å². The molecule has 0 heterocycles. The summed E-state index contributed by atoms with van der Waals surface area (Å²) in [6.07, 6.45) is 72.2. The van der Waals surface area contributed by atoms with Crippen molar-refractivity contribution in [2.24, 2.45) is 0 Å². The van der Waals surface area contributed by atoms with E-state index in [2.05, 4.69) is 31.3 Å². The van der Waals surface area contributed by atoms with Crippen LogP contribution in [0.3, 0.4) is 0 Å².